The van der Waals surface area contributed by atoms with Crippen LogP contribution in [0.25, 0.3) is 6.08 Å². The molecular formula is C14H17NO3S. The summed E-state index contributed by atoms with van der Waals surface area (Å²) >= 11 is 1.66. The summed E-state index contributed by atoms with van der Waals surface area (Å²) in [5.41, 5.74) is 2.20. The predicted octanol–water partition coefficient (Wildman–Crippen LogP) is 2.19. The second kappa shape index (κ2) is 7.63. The minimum absolute atomic E-state index is 0.140. The first-order valence-corrected chi connectivity index (χ1v) is 7.22. The third-order valence-corrected chi connectivity index (χ3v) is 3.15. The van der Waals surface area contributed by atoms with Crippen LogP contribution in [-0.2, 0) is 4.79 Å². The van der Waals surface area contributed by atoms with Gasteiger partial charge in [-0.2, -0.15) is 11.8 Å². The first-order valence-electron chi connectivity index (χ1n) is 5.83. The topological polar surface area (TPSA) is 66.4 Å². The Labute approximate surface area is 116 Å². The number of carboxylic acid groups (broad SMARTS) is 1. The first-order chi connectivity index (χ1) is 9.04. The Kier molecular flexibility index (Phi) is 6.15. The molecule has 1 rings (SSSR count). The smallest absolute Gasteiger partial charge is 0.328 e. The number of carbonyl (C=O) groups excluding carboxylic acids is 1. The van der Waals surface area contributed by atoms with Gasteiger partial charge < -0.3 is 10.4 Å². The van der Waals surface area contributed by atoms with E-state index in [1.807, 2.05) is 19.2 Å². The molecule has 0 aromatic heterocycles. The van der Waals surface area contributed by atoms with E-state index in [0.29, 0.717) is 12.1 Å². The number of amides is 1. The molecule has 1 aromatic carbocycles. The fraction of sp³-hybridized carbons (Fsp3) is 0.286. The van der Waals surface area contributed by atoms with Gasteiger partial charge in [-0.25, -0.2) is 4.79 Å². The molecule has 0 unspecified atom stereocenters. The lowest BCUT2D eigenvalue weighted by Crippen LogP contribution is -2.25. The number of aliphatic carboxylic acids is 1. The highest BCUT2D eigenvalue weighted by molar-refractivity contribution is 7.98. The summed E-state index contributed by atoms with van der Waals surface area (Å²) < 4.78 is 0. The lowest BCUT2D eigenvalue weighted by molar-refractivity contribution is -0.131. The molecule has 0 saturated carbocycles. The lowest BCUT2D eigenvalue weighted by Gasteiger charge is -2.06. The average Bonchev–Trinajstić information content (AvgIpc) is 2.37. The van der Waals surface area contributed by atoms with Crippen molar-refractivity contribution >= 4 is 29.7 Å². The highest BCUT2D eigenvalue weighted by Crippen LogP contribution is 2.13. The van der Waals surface area contributed by atoms with E-state index in [1.54, 1.807) is 23.9 Å². The van der Waals surface area contributed by atoms with Gasteiger partial charge in [-0.3, -0.25) is 4.79 Å². The standard InChI is InChI=1S/C14H17NO3S/c1-10-3-4-12(14(18)15-7-8-19-2)9-11(10)5-6-13(16)17/h3-6,9H,7-8H2,1-2H3,(H,15,18)(H,16,17)/b6-5+. The van der Waals surface area contributed by atoms with Gasteiger partial charge in [0.05, 0.1) is 0 Å². The summed E-state index contributed by atoms with van der Waals surface area (Å²) in [6.45, 7) is 2.49. The molecule has 1 amide bonds. The highest BCUT2D eigenvalue weighted by Gasteiger charge is 2.06. The molecule has 102 valence electrons. The molecular weight excluding hydrogens is 262 g/mol. The van der Waals surface area contributed by atoms with Crippen LogP contribution in [0.5, 0.6) is 0 Å². The van der Waals surface area contributed by atoms with E-state index in [-0.39, 0.29) is 5.91 Å². The van der Waals surface area contributed by atoms with Gasteiger partial charge >= 0.3 is 5.97 Å². The largest absolute Gasteiger partial charge is 0.478 e. The number of hydrogen-bond acceptors (Lipinski definition) is 3. The number of nitrogens with one attached hydrogen (secondary N) is 1. The van der Waals surface area contributed by atoms with Crippen LogP contribution in [0, 0.1) is 6.92 Å². The van der Waals surface area contributed by atoms with Gasteiger partial charge in [-0.1, -0.05) is 6.07 Å². The monoisotopic (exact) mass is 279 g/mol. The molecule has 0 saturated heterocycles. The fourth-order valence-corrected chi connectivity index (χ4v) is 1.80. The van der Waals surface area contributed by atoms with Gasteiger partial charge in [-0.15, -0.1) is 0 Å². The van der Waals surface area contributed by atoms with Gasteiger partial charge in [0.25, 0.3) is 5.91 Å². The Morgan fingerprint density at radius 1 is 1.42 bits per heavy atom. The number of hydrogen-bond donors (Lipinski definition) is 2. The molecule has 4 nitrogen and oxygen atoms in total. The number of aryl methyl sites for hydroxylation is 1. The molecule has 0 bridgehead atoms. The summed E-state index contributed by atoms with van der Waals surface area (Å²) in [7, 11) is 0. The van der Waals surface area contributed by atoms with Crippen LogP contribution in [0.1, 0.15) is 21.5 Å². The van der Waals surface area contributed by atoms with Crippen LogP contribution in [0.15, 0.2) is 24.3 Å². The highest BCUT2D eigenvalue weighted by atomic mass is 32.2. The van der Waals surface area contributed by atoms with Crippen LogP contribution < -0.4 is 5.32 Å². The maximum atomic E-state index is 11.9. The first kappa shape index (κ1) is 15.3. The summed E-state index contributed by atoms with van der Waals surface area (Å²) in [5, 5.41) is 11.4. The van der Waals surface area contributed by atoms with Crippen molar-refractivity contribution in [2.45, 2.75) is 6.92 Å². The molecule has 2 N–H and O–H groups in total. The van der Waals surface area contributed by atoms with Crippen molar-refractivity contribution in [2.24, 2.45) is 0 Å². The maximum absolute atomic E-state index is 11.9. The molecule has 0 aliphatic carbocycles. The SMILES string of the molecule is CSCCNC(=O)c1ccc(C)c(/C=C/C(=O)O)c1. The van der Waals surface area contributed by atoms with Gasteiger partial charge in [0.1, 0.15) is 0 Å². The Hall–Kier alpha value is -1.75. The summed E-state index contributed by atoms with van der Waals surface area (Å²) in [6.07, 6.45) is 4.54. The lowest BCUT2D eigenvalue weighted by atomic mass is 10.0. The van der Waals surface area contributed by atoms with Crippen LogP contribution in [0.3, 0.4) is 0 Å². The van der Waals surface area contributed by atoms with E-state index in [1.165, 1.54) is 6.08 Å². The van der Waals surface area contributed by atoms with E-state index in [0.717, 1.165) is 23.0 Å². The van der Waals surface area contributed by atoms with E-state index in [4.69, 9.17) is 5.11 Å². The third-order valence-electron chi connectivity index (χ3n) is 2.54. The molecule has 0 aliphatic rings. The van der Waals surface area contributed by atoms with Gasteiger partial charge in [0, 0.05) is 23.9 Å². The zero-order valence-corrected chi connectivity index (χ0v) is 11.8. The molecule has 1 aromatic rings. The number of rotatable bonds is 6. The van der Waals surface area contributed by atoms with Crippen LogP contribution in [0.4, 0.5) is 0 Å². The Bertz CT molecular complexity index is 497. The number of benzene rings is 1. The van der Waals surface area contributed by atoms with E-state index < -0.39 is 5.97 Å². The van der Waals surface area contributed by atoms with E-state index in [2.05, 4.69) is 5.32 Å². The molecule has 0 radical (unpaired) electrons. The predicted molar refractivity (Wildman–Crippen MR) is 78.6 cm³/mol. The Morgan fingerprint density at radius 3 is 2.79 bits per heavy atom. The third kappa shape index (κ3) is 5.18. The normalized spacial score (nSPS) is 10.6. The molecule has 0 spiro atoms. The van der Waals surface area contributed by atoms with Crippen molar-refractivity contribution in [1.82, 2.24) is 5.32 Å². The summed E-state index contributed by atoms with van der Waals surface area (Å²) in [6, 6.07) is 5.25. The zero-order chi connectivity index (χ0) is 14.3. The molecule has 0 aliphatic heterocycles. The van der Waals surface area contributed by atoms with Crippen molar-refractivity contribution in [3.63, 3.8) is 0 Å². The molecule has 0 fully saturated rings. The molecule has 0 atom stereocenters. The van der Waals surface area contributed by atoms with Gasteiger partial charge in [0.15, 0.2) is 0 Å². The second-order valence-corrected chi connectivity index (χ2v) is 4.98. The minimum Gasteiger partial charge on any atom is -0.478 e. The Balaban J connectivity index is 2.83. The van der Waals surface area contributed by atoms with Crippen LogP contribution in [0.2, 0.25) is 0 Å². The second-order valence-electron chi connectivity index (χ2n) is 3.99. The number of carboxylic acids is 1. The number of carbonyl (C=O) groups is 2. The summed E-state index contributed by atoms with van der Waals surface area (Å²) in [5.74, 6) is -0.281. The van der Waals surface area contributed by atoms with E-state index in [9.17, 15) is 9.59 Å². The van der Waals surface area contributed by atoms with Crippen molar-refractivity contribution < 1.29 is 14.7 Å². The quantitative estimate of drug-likeness (QED) is 0.619. The van der Waals surface area contributed by atoms with Crippen molar-refractivity contribution in [3.05, 3.63) is 41.0 Å². The average molecular weight is 279 g/mol. The minimum atomic E-state index is -1.01. The maximum Gasteiger partial charge on any atom is 0.328 e. The van der Waals surface area contributed by atoms with Crippen molar-refractivity contribution in [1.29, 1.82) is 0 Å². The van der Waals surface area contributed by atoms with Crippen molar-refractivity contribution in [3.8, 4) is 0 Å². The van der Waals surface area contributed by atoms with E-state index >= 15 is 0 Å². The molecule has 5 heteroatoms. The van der Waals surface area contributed by atoms with Gasteiger partial charge in [-0.05, 0) is 42.5 Å². The van der Waals surface area contributed by atoms with Crippen molar-refractivity contribution in [2.75, 3.05) is 18.6 Å². The zero-order valence-electron chi connectivity index (χ0n) is 11.0. The molecule has 0 heterocycles. The Morgan fingerprint density at radius 2 is 2.16 bits per heavy atom. The molecule has 19 heavy (non-hydrogen) atoms. The van der Waals surface area contributed by atoms with Gasteiger partial charge in [0.2, 0.25) is 0 Å². The number of thioether (sulfide) groups is 1. The van der Waals surface area contributed by atoms with Crippen LogP contribution >= 0.6 is 11.8 Å². The fourth-order valence-electron chi connectivity index (χ4n) is 1.49. The van der Waals surface area contributed by atoms with Crippen LogP contribution in [-0.4, -0.2) is 35.5 Å². The summed E-state index contributed by atoms with van der Waals surface area (Å²) in [4.78, 5) is 22.4.